The highest BCUT2D eigenvalue weighted by atomic mass is 15.2. The smallest absolute Gasteiger partial charge is 0.0253 e. The second-order valence-electron chi connectivity index (χ2n) is 5.71. The van der Waals surface area contributed by atoms with Gasteiger partial charge in [0.15, 0.2) is 0 Å². The Morgan fingerprint density at radius 1 is 1.12 bits per heavy atom. The number of rotatable bonds is 1. The predicted molar refractivity (Wildman–Crippen MR) is 72.3 cm³/mol. The molecule has 1 heteroatoms. The molecule has 0 bridgehead atoms. The minimum absolute atomic E-state index is 0.501. The molecule has 2 aliphatic rings. The van der Waals surface area contributed by atoms with Crippen LogP contribution in [0.1, 0.15) is 43.7 Å². The molecule has 17 heavy (non-hydrogen) atoms. The van der Waals surface area contributed by atoms with Crippen molar-refractivity contribution in [2.24, 2.45) is 0 Å². The van der Waals surface area contributed by atoms with E-state index in [1.807, 2.05) is 0 Å². The molecule has 1 unspecified atom stereocenters. The van der Waals surface area contributed by atoms with Crippen molar-refractivity contribution in [3.8, 4) is 0 Å². The van der Waals surface area contributed by atoms with Crippen LogP contribution >= 0.6 is 0 Å². The first-order valence-corrected chi connectivity index (χ1v) is 7.16. The van der Waals surface area contributed by atoms with Crippen molar-refractivity contribution in [3.05, 3.63) is 35.4 Å². The number of hydrogen-bond acceptors (Lipinski definition) is 1. The highest BCUT2D eigenvalue weighted by Gasteiger charge is 2.40. The van der Waals surface area contributed by atoms with Gasteiger partial charge in [0.1, 0.15) is 0 Å². The average molecular weight is 229 g/mol. The lowest BCUT2D eigenvalue weighted by atomic mass is 9.72. The van der Waals surface area contributed by atoms with Crippen LogP contribution in [0, 0.1) is 0 Å². The molecule has 1 aliphatic carbocycles. The summed E-state index contributed by atoms with van der Waals surface area (Å²) in [6.07, 6.45) is 8.19. The number of fused-ring (bicyclic) bond motifs is 1. The first-order valence-electron chi connectivity index (χ1n) is 7.16. The Bertz CT molecular complexity index is 398. The highest BCUT2D eigenvalue weighted by molar-refractivity contribution is 5.32. The fraction of sp³-hybridized carbons (Fsp3) is 0.625. The summed E-state index contributed by atoms with van der Waals surface area (Å²) in [4.78, 5) is 2.76. The van der Waals surface area contributed by atoms with E-state index in [0.29, 0.717) is 5.54 Å². The van der Waals surface area contributed by atoms with E-state index < -0.39 is 0 Å². The minimum atomic E-state index is 0.501. The number of benzene rings is 1. The second-order valence-corrected chi connectivity index (χ2v) is 5.71. The standard InChI is InChI=1S/C16H23N/c1-2-17-12-6-5-10-16(17)11-9-14-7-3-4-8-15(14)13-16/h3-4,7-8H,2,5-6,9-13H2,1H3. The molecule has 1 aliphatic heterocycles. The normalized spacial score (nSPS) is 29.2. The van der Waals surface area contributed by atoms with E-state index in [2.05, 4.69) is 36.1 Å². The van der Waals surface area contributed by atoms with Crippen molar-refractivity contribution in [1.29, 1.82) is 0 Å². The molecular weight excluding hydrogens is 206 g/mol. The monoisotopic (exact) mass is 229 g/mol. The van der Waals surface area contributed by atoms with Gasteiger partial charge in [-0.3, -0.25) is 4.90 Å². The zero-order valence-electron chi connectivity index (χ0n) is 10.9. The Balaban J connectivity index is 1.90. The van der Waals surface area contributed by atoms with E-state index in [1.54, 1.807) is 11.1 Å². The van der Waals surface area contributed by atoms with Crippen molar-refractivity contribution in [2.75, 3.05) is 13.1 Å². The van der Waals surface area contributed by atoms with Crippen LogP contribution in [0.2, 0.25) is 0 Å². The van der Waals surface area contributed by atoms with Gasteiger partial charge < -0.3 is 0 Å². The maximum atomic E-state index is 2.76. The number of piperidine rings is 1. The van der Waals surface area contributed by atoms with E-state index in [1.165, 1.54) is 51.6 Å². The summed E-state index contributed by atoms with van der Waals surface area (Å²) in [7, 11) is 0. The predicted octanol–water partition coefficient (Wildman–Crippen LogP) is 3.42. The van der Waals surface area contributed by atoms with Crippen LogP contribution in [-0.4, -0.2) is 23.5 Å². The number of likely N-dealkylation sites (tertiary alicyclic amines) is 1. The van der Waals surface area contributed by atoms with E-state index in [-0.39, 0.29) is 0 Å². The molecule has 0 amide bonds. The van der Waals surface area contributed by atoms with Crippen LogP contribution in [-0.2, 0) is 12.8 Å². The highest BCUT2D eigenvalue weighted by Crippen LogP contribution is 2.39. The first-order chi connectivity index (χ1) is 8.34. The van der Waals surface area contributed by atoms with Gasteiger partial charge in [-0.25, -0.2) is 0 Å². The largest absolute Gasteiger partial charge is 0.298 e. The van der Waals surface area contributed by atoms with E-state index >= 15 is 0 Å². The van der Waals surface area contributed by atoms with Gasteiger partial charge in [0.05, 0.1) is 0 Å². The Hall–Kier alpha value is -0.820. The molecule has 1 saturated heterocycles. The minimum Gasteiger partial charge on any atom is -0.298 e. The van der Waals surface area contributed by atoms with Crippen LogP contribution in [0.4, 0.5) is 0 Å². The quantitative estimate of drug-likeness (QED) is 0.713. The molecule has 0 aromatic heterocycles. The molecule has 92 valence electrons. The number of hydrogen-bond donors (Lipinski definition) is 0. The van der Waals surface area contributed by atoms with E-state index in [9.17, 15) is 0 Å². The Morgan fingerprint density at radius 2 is 1.94 bits per heavy atom. The third-order valence-corrected chi connectivity index (χ3v) is 4.87. The van der Waals surface area contributed by atoms with Gasteiger partial charge in [0, 0.05) is 5.54 Å². The third-order valence-electron chi connectivity index (χ3n) is 4.87. The van der Waals surface area contributed by atoms with Gasteiger partial charge >= 0.3 is 0 Å². The molecule has 1 spiro atoms. The van der Waals surface area contributed by atoms with Crippen molar-refractivity contribution in [2.45, 2.75) is 51.0 Å². The topological polar surface area (TPSA) is 3.24 Å². The lowest BCUT2D eigenvalue weighted by Crippen LogP contribution is -2.54. The zero-order valence-corrected chi connectivity index (χ0v) is 10.9. The van der Waals surface area contributed by atoms with Crippen LogP contribution in [0.15, 0.2) is 24.3 Å². The van der Waals surface area contributed by atoms with Gasteiger partial charge in [0.2, 0.25) is 0 Å². The average Bonchev–Trinajstić information content (AvgIpc) is 2.39. The first kappa shape index (κ1) is 11.3. The number of nitrogens with zero attached hydrogens (tertiary/aromatic N) is 1. The maximum absolute atomic E-state index is 2.76. The Kier molecular flexibility index (Phi) is 2.96. The van der Waals surface area contributed by atoms with Gasteiger partial charge in [-0.1, -0.05) is 37.6 Å². The molecule has 1 aromatic carbocycles. The molecule has 0 radical (unpaired) electrons. The number of aryl methyl sites for hydroxylation is 1. The van der Waals surface area contributed by atoms with Crippen molar-refractivity contribution >= 4 is 0 Å². The molecule has 1 nitrogen and oxygen atoms in total. The molecule has 1 heterocycles. The fourth-order valence-electron chi connectivity index (χ4n) is 3.91. The maximum Gasteiger partial charge on any atom is 0.0253 e. The zero-order chi connectivity index (χ0) is 11.7. The molecule has 1 fully saturated rings. The van der Waals surface area contributed by atoms with Gasteiger partial charge in [-0.05, 0) is 56.3 Å². The van der Waals surface area contributed by atoms with Crippen LogP contribution < -0.4 is 0 Å². The molecule has 3 rings (SSSR count). The van der Waals surface area contributed by atoms with Crippen LogP contribution in [0.5, 0.6) is 0 Å². The van der Waals surface area contributed by atoms with Gasteiger partial charge in [-0.2, -0.15) is 0 Å². The van der Waals surface area contributed by atoms with Crippen molar-refractivity contribution in [1.82, 2.24) is 4.90 Å². The van der Waals surface area contributed by atoms with Crippen LogP contribution in [0.25, 0.3) is 0 Å². The van der Waals surface area contributed by atoms with Crippen molar-refractivity contribution < 1.29 is 0 Å². The summed E-state index contributed by atoms with van der Waals surface area (Å²) in [5.74, 6) is 0. The fourth-order valence-corrected chi connectivity index (χ4v) is 3.91. The Labute approximate surface area is 105 Å². The van der Waals surface area contributed by atoms with Gasteiger partial charge in [0.25, 0.3) is 0 Å². The van der Waals surface area contributed by atoms with E-state index in [0.717, 1.165) is 0 Å². The molecule has 1 aromatic rings. The summed E-state index contributed by atoms with van der Waals surface area (Å²) < 4.78 is 0. The summed E-state index contributed by atoms with van der Waals surface area (Å²) in [6, 6.07) is 9.06. The van der Waals surface area contributed by atoms with Crippen molar-refractivity contribution in [3.63, 3.8) is 0 Å². The Morgan fingerprint density at radius 3 is 2.76 bits per heavy atom. The summed E-state index contributed by atoms with van der Waals surface area (Å²) in [6.45, 7) is 4.87. The van der Waals surface area contributed by atoms with Crippen LogP contribution in [0.3, 0.4) is 0 Å². The van der Waals surface area contributed by atoms with Gasteiger partial charge in [-0.15, -0.1) is 0 Å². The summed E-state index contributed by atoms with van der Waals surface area (Å²) in [5.41, 5.74) is 3.71. The lowest BCUT2D eigenvalue weighted by molar-refractivity contribution is 0.0389. The SMILES string of the molecule is CCN1CCCCC12CCc1ccccc1C2. The molecule has 0 N–H and O–H groups in total. The summed E-state index contributed by atoms with van der Waals surface area (Å²) >= 11 is 0. The second kappa shape index (κ2) is 4.45. The summed E-state index contributed by atoms with van der Waals surface area (Å²) in [5, 5.41) is 0. The number of likely N-dealkylation sites (N-methyl/N-ethyl adjacent to an activating group) is 1. The molecule has 1 atom stereocenters. The molecular formula is C16H23N. The van der Waals surface area contributed by atoms with E-state index in [4.69, 9.17) is 0 Å². The lowest BCUT2D eigenvalue weighted by Gasteiger charge is -2.49. The molecule has 0 saturated carbocycles. The third kappa shape index (κ3) is 1.91.